The summed E-state index contributed by atoms with van der Waals surface area (Å²) in [7, 11) is -3.85. The van der Waals surface area contributed by atoms with E-state index in [1.54, 1.807) is 0 Å². The number of rotatable bonds is 7. The van der Waals surface area contributed by atoms with Crippen molar-refractivity contribution in [3.8, 4) is 0 Å². The zero-order valence-electron chi connectivity index (χ0n) is 14.7. The Kier molecular flexibility index (Phi) is 6.14. The minimum Gasteiger partial charge on any atom is -0.428 e. The van der Waals surface area contributed by atoms with Crippen LogP contribution in [0.15, 0.2) is 0 Å². The van der Waals surface area contributed by atoms with Gasteiger partial charge in [-0.05, 0) is 20.3 Å². The van der Waals surface area contributed by atoms with Crippen LogP contribution in [0.5, 0.6) is 0 Å². The van der Waals surface area contributed by atoms with E-state index in [9.17, 15) is 22.8 Å². The molecule has 2 fully saturated rings. The van der Waals surface area contributed by atoms with Gasteiger partial charge in [0.25, 0.3) is 5.91 Å². The first-order valence-corrected chi connectivity index (χ1v) is 11.3. The van der Waals surface area contributed by atoms with Crippen molar-refractivity contribution in [3.05, 3.63) is 0 Å². The molecule has 2 aliphatic heterocycles. The fourth-order valence-electron chi connectivity index (χ4n) is 3.09. The molecule has 2 atom stereocenters. The smallest absolute Gasteiger partial charge is 0.333 e. The molecule has 0 radical (unpaired) electrons. The minimum absolute atomic E-state index is 0.219. The van der Waals surface area contributed by atoms with Crippen LogP contribution in [0, 0.1) is 0 Å². The fourth-order valence-corrected chi connectivity index (χ4v) is 7.52. The van der Waals surface area contributed by atoms with E-state index in [1.807, 2.05) is 6.92 Å². The molecule has 148 valence electrons. The summed E-state index contributed by atoms with van der Waals surface area (Å²) in [5.41, 5.74) is 0. The maximum absolute atomic E-state index is 12.7. The van der Waals surface area contributed by atoms with Gasteiger partial charge in [0.2, 0.25) is 6.79 Å². The highest BCUT2D eigenvalue weighted by molar-refractivity contribution is 9.26. The molecule has 11 heteroatoms. The molecule has 0 saturated carbocycles. The normalized spacial score (nSPS) is 27.4. The number of hydrogen-bond acceptors (Lipinski definition) is 7. The Balaban J connectivity index is 2.03. The van der Waals surface area contributed by atoms with Crippen LogP contribution in [0.25, 0.3) is 0 Å². The van der Waals surface area contributed by atoms with E-state index in [4.69, 9.17) is 9.47 Å². The van der Waals surface area contributed by atoms with Gasteiger partial charge >= 0.3 is 11.9 Å². The molecule has 26 heavy (non-hydrogen) atoms. The van der Waals surface area contributed by atoms with Gasteiger partial charge < -0.3 is 14.4 Å². The summed E-state index contributed by atoms with van der Waals surface area (Å²) in [6, 6.07) is -1.31. The largest absolute Gasteiger partial charge is 0.428 e. The zero-order valence-corrected chi connectivity index (χ0v) is 18.6. The molecule has 0 N–H and O–H groups in total. The Labute approximate surface area is 169 Å². The van der Waals surface area contributed by atoms with Crippen molar-refractivity contribution in [1.82, 2.24) is 4.90 Å². The first-order chi connectivity index (χ1) is 11.9. The van der Waals surface area contributed by atoms with Gasteiger partial charge in [-0.3, -0.25) is 9.59 Å². The molecule has 0 aromatic rings. The van der Waals surface area contributed by atoms with E-state index < -0.39 is 53.9 Å². The number of ether oxygens (including phenoxy) is 2. The Bertz CT molecular complexity index is 720. The summed E-state index contributed by atoms with van der Waals surface area (Å²) in [6.45, 7) is 4.12. The second-order valence-corrected chi connectivity index (χ2v) is 12.9. The number of β-lactam (4-membered cyclic amide) rings is 1. The second-order valence-electron chi connectivity index (χ2n) is 6.79. The van der Waals surface area contributed by atoms with Crippen molar-refractivity contribution in [1.29, 1.82) is 0 Å². The SMILES string of the molecule is CCCCCC(=O)OCOC(=O)[C@@H]1N2C(=O)C(Br)(Br)[C@H]2S(=O)(=O)C1(C)C. The molecule has 2 saturated heterocycles. The molecule has 1 amide bonds. The van der Waals surface area contributed by atoms with E-state index in [0.29, 0.717) is 6.42 Å². The van der Waals surface area contributed by atoms with E-state index in [2.05, 4.69) is 31.9 Å². The monoisotopic (exact) mass is 517 g/mol. The number of unbranched alkanes of at least 4 members (excludes halogenated alkanes) is 2. The van der Waals surface area contributed by atoms with E-state index in [0.717, 1.165) is 17.7 Å². The first kappa shape index (κ1) is 21.6. The summed E-state index contributed by atoms with van der Waals surface area (Å²) in [5.74, 6) is -2.00. The molecule has 8 nitrogen and oxygen atoms in total. The highest BCUT2D eigenvalue weighted by atomic mass is 79.9. The van der Waals surface area contributed by atoms with E-state index >= 15 is 0 Å². The third-order valence-corrected chi connectivity index (χ3v) is 9.69. The van der Waals surface area contributed by atoms with E-state index in [-0.39, 0.29) is 6.42 Å². The van der Waals surface area contributed by atoms with Crippen molar-refractivity contribution in [2.45, 2.75) is 65.9 Å². The molecular weight excluding hydrogens is 498 g/mol. The molecule has 2 rings (SSSR count). The van der Waals surface area contributed by atoms with Gasteiger partial charge in [0, 0.05) is 6.42 Å². The minimum atomic E-state index is -3.85. The third kappa shape index (κ3) is 3.30. The van der Waals surface area contributed by atoms with Gasteiger partial charge in [0.05, 0.1) is 0 Å². The summed E-state index contributed by atoms with van der Waals surface area (Å²) < 4.78 is 32.2. The van der Waals surface area contributed by atoms with Gasteiger partial charge in [-0.15, -0.1) is 0 Å². The van der Waals surface area contributed by atoms with Crippen molar-refractivity contribution < 1.29 is 32.3 Å². The van der Waals surface area contributed by atoms with Gasteiger partial charge in [0.1, 0.15) is 10.8 Å². The van der Waals surface area contributed by atoms with Crippen molar-refractivity contribution in [3.63, 3.8) is 0 Å². The predicted octanol–water partition coefficient (Wildman–Crippen LogP) is 1.84. The van der Waals surface area contributed by atoms with Gasteiger partial charge in [-0.25, -0.2) is 13.2 Å². The molecule has 2 aliphatic rings. The number of nitrogens with zero attached hydrogens (tertiary/aromatic N) is 1. The van der Waals surface area contributed by atoms with Crippen LogP contribution in [0.4, 0.5) is 0 Å². The highest BCUT2D eigenvalue weighted by Crippen LogP contribution is 2.56. The van der Waals surface area contributed by atoms with Gasteiger partial charge in [0.15, 0.2) is 18.4 Å². The number of carbonyl (C=O) groups is 3. The average molecular weight is 519 g/mol. The Morgan fingerprint density at radius 1 is 1.19 bits per heavy atom. The Hall–Kier alpha value is -0.680. The van der Waals surface area contributed by atoms with Crippen molar-refractivity contribution in [2.75, 3.05) is 6.79 Å². The number of esters is 2. The average Bonchev–Trinajstić information content (AvgIpc) is 2.69. The fraction of sp³-hybridized carbons (Fsp3) is 0.800. The maximum Gasteiger partial charge on any atom is 0.333 e. The molecule has 0 spiro atoms. The summed E-state index contributed by atoms with van der Waals surface area (Å²) in [6.07, 6.45) is 2.75. The molecule has 0 aromatic carbocycles. The third-order valence-electron chi connectivity index (χ3n) is 4.68. The van der Waals surface area contributed by atoms with Gasteiger partial charge in [-0.1, -0.05) is 51.6 Å². The van der Waals surface area contributed by atoms with Crippen LogP contribution < -0.4 is 0 Å². The molecule has 0 unspecified atom stereocenters. The topological polar surface area (TPSA) is 107 Å². The molecule has 2 heterocycles. The van der Waals surface area contributed by atoms with Gasteiger partial charge in [-0.2, -0.15) is 0 Å². The van der Waals surface area contributed by atoms with Crippen molar-refractivity contribution in [2.24, 2.45) is 0 Å². The van der Waals surface area contributed by atoms with Crippen LogP contribution in [0.2, 0.25) is 0 Å². The number of alkyl halides is 2. The lowest BCUT2D eigenvalue weighted by Crippen LogP contribution is -2.69. The molecule has 0 aliphatic carbocycles. The number of sulfone groups is 1. The zero-order chi connectivity index (χ0) is 19.9. The Morgan fingerprint density at radius 3 is 2.38 bits per heavy atom. The standard InChI is InChI=1S/C15H21Br2NO7S/c1-4-5-6-7-9(19)24-8-25-11(20)10-14(2,3)26(22,23)13-15(16,17)12(21)18(10)13/h10,13H,4-8H2,1-3H3/t10-,13+/m0/s1. The lowest BCUT2D eigenvalue weighted by atomic mass is 9.98. The molecule has 0 aromatic heterocycles. The molecular formula is C15H21Br2NO7S. The maximum atomic E-state index is 12.7. The number of fused-ring (bicyclic) bond motifs is 1. The quantitative estimate of drug-likeness (QED) is 0.166. The lowest BCUT2D eigenvalue weighted by molar-refractivity contribution is -0.175. The summed E-state index contributed by atoms with van der Waals surface area (Å²) in [4.78, 5) is 37.2. The van der Waals surface area contributed by atoms with Crippen LogP contribution in [-0.4, -0.2) is 57.4 Å². The first-order valence-electron chi connectivity index (χ1n) is 8.17. The van der Waals surface area contributed by atoms with Crippen LogP contribution in [0.3, 0.4) is 0 Å². The second kappa shape index (κ2) is 7.38. The van der Waals surface area contributed by atoms with Crippen molar-refractivity contribution >= 4 is 59.5 Å². The summed E-state index contributed by atoms with van der Waals surface area (Å²) in [5, 5.41) is -1.22. The van der Waals surface area contributed by atoms with Crippen LogP contribution in [0.1, 0.15) is 46.5 Å². The molecule has 0 bridgehead atoms. The number of hydrogen-bond donors (Lipinski definition) is 0. The lowest BCUT2D eigenvalue weighted by Gasteiger charge is -2.45. The van der Waals surface area contributed by atoms with Crippen LogP contribution in [-0.2, 0) is 33.7 Å². The summed E-state index contributed by atoms with van der Waals surface area (Å²) >= 11 is 6.13. The number of carbonyl (C=O) groups excluding carboxylic acids is 3. The van der Waals surface area contributed by atoms with E-state index in [1.165, 1.54) is 13.8 Å². The predicted molar refractivity (Wildman–Crippen MR) is 99.2 cm³/mol. The number of amides is 1. The number of halogens is 2. The van der Waals surface area contributed by atoms with Crippen LogP contribution >= 0.6 is 31.9 Å². The Morgan fingerprint density at radius 2 is 1.81 bits per heavy atom. The highest BCUT2D eigenvalue weighted by Gasteiger charge is 2.77.